The van der Waals surface area contributed by atoms with Crippen molar-refractivity contribution < 1.29 is 22.7 Å². The van der Waals surface area contributed by atoms with Crippen LogP contribution < -0.4 is 15.5 Å². The summed E-state index contributed by atoms with van der Waals surface area (Å²) < 4.78 is 32.4. The third kappa shape index (κ3) is 4.39. The van der Waals surface area contributed by atoms with E-state index in [4.69, 9.17) is 12.3 Å². The van der Waals surface area contributed by atoms with E-state index in [0.29, 0.717) is 17.2 Å². The number of hydrogen-bond donors (Lipinski definition) is 3. The van der Waals surface area contributed by atoms with Crippen molar-refractivity contribution in [3.8, 4) is 0 Å². The maximum atomic E-state index is 12.7. The number of aliphatic hydroxyl groups is 1. The third-order valence-electron chi connectivity index (χ3n) is 6.30. The molecule has 0 spiro atoms. The molecule has 1 fully saturated rings. The summed E-state index contributed by atoms with van der Waals surface area (Å²) in [7, 11) is 2.05. The van der Waals surface area contributed by atoms with Crippen molar-refractivity contribution in [1.82, 2.24) is 4.72 Å². The molecule has 0 unspecified atom stereocenters. The number of furan rings is 1. The second-order valence-electron chi connectivity index (χ2n) is 9.14. The monoisotopic (exact) mass is 442 g/mol. The van der Waals surface area contributed by atoms with Gasteiger partial charge in [-0.15, -0.1) is 0 Å². The molecule has 9 heteroatoms. The van der Waals surface area contributed by atoms with E-state index in [1.54, 1.807) is 0 Å². The molecule has 1 heterocycles. The van der Waals surface area contributed by atoms with Crippen molar-refractivity contribution >= 4 is 35.1 Å². The number of amides is 2. The molecule has 7 nitrogen and oxygen atoms in total. The molecule has 1 saturated carbocycles. The Morgan fingerprint density at radius 2 is 1.94 bits per heavy atom. The summed E-state index contributed by atoms with van der Waals surface area (Å²) in [6.07, 6.45) is 6.02. The van der Waals surface area contributed by atoms with Crippen LogP contribution in [0.25, 0.3) is 0 Å². The van der Waals surface area contributed by atoms with Gasteiger partial charge in [0.15, 0.2) is 0 Å². The number of anilines is 1. The molecule has 2 aromatic rings. The van der Waals surface area contributed by atoms with Crippen LogP contribution in [-0.2, 0) is 28.5 Å². The minimum atomic E-state index is -4.24. The van der Waals surface area contributed by atoms with Gasteiger partial charge >= 0.3 is 6.03 Å². The highest BCUT2D eigenvalue weighted by atomic mass is 32.2. The van der Waals surface area contributed by atoms with Crippen molar-refractivity contribution in [2.75, 3.05) is 5.32 Å². The Kier molecular flexibility index (Phi) is 5.46. The second kappa shape index (κ2) is 7.71. The Balaban J connectivity index is 1.60. The maximum absolute atomic E-state index is 12.7. The molecule has 164 valence electrons. The number of rotatable bonds is 6. The standard InChI is InChI=1S/C22H27BN2O5S/c1-12(13-7-8-13)17-10-18(23)15-5-4-6-16(15)20(17)24-21(26)25-31(28,29)19-9-14(11-30-19)22(2,3)27/h9-13,27H,4-8H2,1-3H3,(H2,24,25,26)/t12-/m0/s1. The molecule has 0 saturated heterocycles. The van der Waals surface area contributed by atoms with E-state index < -0.39 is 26.7 Å². The van der Waals surface area contributed by atoms with Gasteiger partial charge in [-0.25, -0.2) is 9.52 Å². The molecule has 2 amide bonds. The van der Waals surface area contributed by atoms with Crippen LogP contribution in [0.2, 0.25) is 0 Å². The first-order valence-electron chi connectivity index (χ1n) is 10.6. The number of sulfonamides is 1. The van der Waals surface area contributed by atoms with Crippen LogP contribution >= 0.6 is 0 Å². The zero-order valence-corrected chi connectivity index (χ0v) is 18.8. The summed E-state index contributed by atoms with van der Waals surface area (Å²) in [5.74, 6) is 0.772. The van der Waals surface area contributed by atoms with Crippen LogP contribution in [0.5, 0.6) is 0 Å². The summed E-state index contributed by atoms with van der Waals surface area (Å²) in [5, 5.41) is 12.4. The lowest BCUT2D eigenvalue weighted by molar-refractivity contribution is 0.0779. The molecule has 1 aromatic heterocycles. The van der Waals surface area contributed by atoms with E-state index in [0.717, 1.165) is 60.5 Å². The largest absolute Gasteiger partial charge is 0.451 e. The highest BCUT2D eigenvalue weighted by Crippen LogP contribution is 2.46. The van der Waals surface area contributed by atoms with Gasteiger partial charge in [0.25, 0.3) is 10.0 Å². The van der Waals surface area contributed by atoms with Crippen molar-refractivity contribution in [2.24, 2.45) is 5.92 Å². The third-order valence-corrected chi connectivity index (χ3v) is 7.50. The van der Waals surface area contributed by atoms with Crippen molar-refractivity contribution in [2.45, 2.75) is 69.5 Å². The number of carbonyl (C=O) groups is 1. The Morgan fingerprint density at radius 3 is 2.55 bits per heavy atom. The molecule has 3 N–H and O–H groups in total. The lowest BCUT2D eigenvalue weighted by Crippen LogP contribution is -2.35. The highest BCUT2D eigenvalue weighted by Gasteiger charge is 2.33. The normalized spacial score (nSPS) is 17.3. The molecule has 1 atom stereocenters. The van der Waals surface area contributed by atoms with Gasteiger partial charge in [-0.05, 0) is 74.5 Å². The SMILES string of the molecule is [B]c1cc([C@@H](C)C2CC2)c(NC(=O)NS(=O)(=O)c2cc(C(C)(C)O)co2)c2c1CCC2. The predicted molar refractivity (Wildman–Crippen MR) is 118 cm³/mol. The Bertz CT molecular complexity index is 1130. The lowest BCUT2D eigenvalue weighted by Gasteiger charge is -2.22. The van der Waals surface area contributed by atoms with Crippen LogP contribution in [0.15, 0.2) is 27.9 Å². The summed E-state index contributed by atoms with van der Waals surface area (Å²) in [5.41, 5.74) is 3.43. The van der Waals surface area contributed by atoms with Crippen molar-refractivity contribution in [3.63, 3.8) is 0 Å². The summed E-state index contributed by atoms with van der Waals surface area (Å²) >= 11 is 0. The second-order valence-corrected chi connectivity index (χ2v) is 10.8. The molecule has 31 heavy (non-hydrogen) atoms. The fourth-order valence-corrected chi connectivity index (χ4v) is 5.14. The number of nitrogens with one attached hydrogen (secondary N) is 2. The van der Waals surface area contributed by atoms with Crippen LogP contribution in [-0.4, -0.2) is 27.4 Å². The van der Waals surface area contributed by atoms with Crippen molar-refractivity contribution in [1.29, 1.82) is 0 Å². The fourth-order valence-electron chi connectivity index (χ4n) is 4.29. The van der Waals surface area contributed by atoms with E-state index in [1.807, 2.05) is 10.8 Å². The van der Waals surface area contributed by atoms with Gasteiger partial charge in [0, 0.05) is 17.3 Å². The summed E-state index contributed by atoms with van der Waals surface area (Å²) in [6, 6.07) is 2.28. The Hall–Kier alpha value is -2.26. The van der Waals surface area contributed by atoms with Gasteiger partial charge in [0.1, 0.15) is 7.85 Å². The smallest absolute Gasteiger partial charge is 0.333 e. The average Bonchev–Trinajstić information content (AvgIpc) is 3.17. The first-order valence-corrected chi connectivity index (χ1v) is 12.0. The maximum Gasteiger partial charge on any atom is 0.333 e. The number of hydrogen-bond acceptors (Lipinski definition) is 5. The Labute approximate surface area is 184 Å². The zero-order valence-electron chi connectivity index (χ0n) is 18.0. The molecule has 0 aliphatic heterocycles. The van der Waals surface area contributed by atoms with Gasteiger partial charge in [-0.2, -0.15) is 8.42 Å². The average molecular weight is 442 g/mol. The van der Waals surface area contributed by atoms with Gasteiger partial charge in [0.05, 0.1) is 11.9 Å². The van der Waals surface area contributed by atoms with E-state index >= 15 is 0 Å². The van der Waals surface area contributed by atoms with E-state index in [-0.39, 0.29) is 5.92 Å². The Morgan fingerprint density at radius 1 is 1.26 bits per heavy atom. The first kappa shape index (κ1) is 22.0. The molecular formula is C22H27BN2O5S. The molecule has 2 radical (unpaired) electrons. The molecule has 2 aliphatic carbocycles. The first-order chi connectivity index (χ1) is 14.5. The molecule has 4 rings (SSSR count). The summed E-state index contributed by atoms with van der Waals surface area (Å²) in [4.78, 5) is 12.7. The number of benzene rings is 1. The number of urea groups is 1. The van der Waals surface area contributed by atoms with Crippen LogP contribution in [0.4, 0.5) is 10.5 Å². The summed E-state index contributed by atoms with van der Waals surface area (Å²) in [6.45, 7) is 5.14. The molecular weight excluding hydrogens is 415 g/mol. The van der Waals surface area contributed by atoms with Gasteiger partial charge in [0.2, 0.25) is 5.09 Å². The number of carbonyl (C=O) groups excluding carboxylic acids is 1. The van der Waals surface area contributed by atoms with Gasteiger partial charge in [-0.3, -0.25) is 0 Å². The van der Waals surface area contributed by atoms with Gasteiger partial charge in [-0.1, -0.05) is 18.5 Å². The lowest BCUT2D eigenvalue weighted by atomic mass is 9.82. The van der Waals surface area contributed by atoms with Crippen molar-refractivity contribution in [3.05, 3.63) is 40.6 Å². The highest BCUT2D eigenvalue weighted by molar-refractivity contribution is 7.89. The minimum Gasteiger partial charge on any atom is -0.451 e. The predicted octanol–water partition coefficient (Wildman–Crippen LogP) is 2.81. The van der Waals surface area contributed by atoms with E-state index in [9.17, 15) is 18.3 Å². The van der Waals surface area contributed by atoms with Crippen LogP contribution in [0.1, 0.15) is 68.2 Å². The molecule has 2 aliphatic rings. The molecule has 0 bridgehead atoms. The van der Waals surface area contributed by atoms with E-state index in [2.05, 4.69) is 12.2 Å². The van der Waals surface area contributed by atoms with E-state index in [1.165, 1.54) is 19.9 Å². The molecule has 1 aromatic carbocycles. The zero-order chi connectivity index (χ0) is 22.6. The fraction of sp³-hybridized carbons (Fsp3) is 0.500. The van der Waals surface area contributed by atoms with Gasteiger partial charge < -0.3 is 14.8 Å². The minimum absolute atomic E-state index is 0.222. The van der Waals surface area contributed by atoms with Crippen LogP contribution in [0, 0.1) is 5.92 Å². The number of fused-ring (bicyclic) bond motifs is 1. The quantitative estimate of drug-likeness (QED) is 0.597. The van der Waals surface area contributed by atoms with Crippen LogP contribution in [0.3, 0.4) is 0 Å². The topological polar surface area (TPSA) is 109 Å².